The molecule has 10 atom stereocenters. The van der Waals surface area contributed by atoms with Gasteiger partial charge in [0.25, 0.3) is 0 Å². The minimum Gasteiger partial charge on any atom is -0.353 e. The van der Waals surface area contributed by atoms with Crippen molar-refractivity contribution in [1.82, 2.24) is 0 Å². The normalized spacial score (nSPS) is 49.6. The third-order valence-corrected chi connectivity index (χ3v) is 13.6. The van der Waals surface area contributed by atoms with Crippen molar-refractivity contribution in [3.05, 3.63) is 0 Å². The highest BCUT2D eigenvalue weighted by atomic mass is 16.7. The molecule has 1 saturated heterocycles. The second-order valence-electron chi connectivity index (χ2n) is 15.3. The molecule has 3 nitrogen and oxygen atoms in total. The van der Waals surface area contributed by atoms with Crippen molar-refractivity contribution in [3.8, 4) is 0 Å². The van der Waals surface area contributed by atoms with Crippen LogP contribution >= 0.6 is 0 Å². The van der Waals surface area contributed by atoms with Gasteiger partial charge in [0.1, 0.15) is 0 Å². The second kappa shape index (κ2) is 12.4. The maximum absolute atomic E-state index is 6.55. The monoisotopic (exact) mass is 532 g/mol. The Labute approximate surface area is 237 Å². The van der Waals surface area contributed by atoms with Crippen LogP contribution in [0, 0.1) is 51.2 Å². The van der Waals surface area contributed by atoms with Crippen LogP contribution < -0.4 is 5.73 Å². The summed E-state index contributed by atoms with van der Waals surface area (Å²) in [5.74, 6) is 4.71. The van der Waals surface area contributed by atoms with Crippen LogP contribution in [0.3, 0.4) is 0 Å². The van der Waals surface area contributed by atoms with E-state index < -0.39 is 0 Å². The van der Waals surface area contributed by atoms with E-state index in [9.17, 15) is 0 Å². The lowest BCUT2D eigenvalue weighted by atomic mass is 9.33. The Kier molecular flexibility index (Phi) is 10.1. The summed E-state index contributed by atoms with van der Waals surface area (Å²) in [4.78, 5) is 0. The summed E-state index contributed by atoms with van der Waals surface area (Å²) in [5, 5.41) is 0. The maximum Gasteiger partial charge on any atom is 0.157 e. The lowest BCUT2D eigenvalue weighted by Gasteiger charge is -2.71. The van der Waals surface area contributed by atoms with Gasteiger partial charge in [-0.3, -0.25) is 0 Å². The summed E-state index contributed by atoms with van der Waals surface area (Å²) in [6, 6.07) is 0. The Hall–Kier alpha value is -0.120. The van der Waals surface area contributed by atoms with Crippen LogP contribution in [0.2, 0.25) is 0 Å². The molecule has 5 saturated carbocycles. The third-order valence-electron chi connectivity index (χ3n) is 13.6. The lowest BCUT2D eigenvalue weighted by Crippen LogP contribution is -2.64. The largest absolute Gasteiger partial charge is 0.353 e. The summed E-state index contributed by atoms with van der Waals surface area (Å²) < 4.78 is 12.5. The summed E-state index contributed by atoms with van der Waals surface area (Å²) in [7, 11) is 1.50. The molecule has 6 fully saturated rings. The van der Waals surface area contributed by atoms with E-state index in [1.165, 1.54) is 103 Å². The Morgan fingerprint density at radius 1 is 0.711 bits per heavy atom. The maximum atomic E-state index is 6.55. The van der Waals surface area contributed by atoms with E-state index in [0.717, 1.165) is 49.2 Å². The molecule has 2 N–H and O–H groups in total. The fourth-order valence-corrected chi connectivity index (χ4v) is 11.7. The van der Waals surface area contributed by atoms with Crippen LogP contribution in [-0.2, 0) is 9.47 Å². The molecule has 222 valence electrons. The average Bonchev–Trinajstić information content (AvgIpc) is 3.34. The molecule has 9 unspecified atom stereocenters. The van der Waals surface area contributed by atoms with Crippen molar-refractivity contribution in [2.75, 3.05) is 20.3 Å². The predicted molar refractivity (Wildman–Crippen MR) is 161 cm³/mol. The SMILES string of the molecule is CC1CCCC2(C)C1CCC1(C)C2CCC2C3CCCC3(COC3CCCCO3)CC[C@]21C.CCC.CN. The van der Waals surface area contributed by atoms with E-state index >= 15 is 0 Å². The van der Waals surface area contributed by atoms with Crippen LogP contribution in [0.4, 0.5) is 0 Å². The van der Waals surface area contributed by atoms with Gasteiger partial charge in [0.2, 0.25) is 0 Å². The van der Waals surface area contributed by atoms with Gasteiger partial charge in [0, 0.05) is 6.61 Å². The van der Waals surface area contributed by atoms with Crippen molar-refractivity contribution in [2.24, 2.45) is 57.0 Å². The summed E-state index contributed by atoms with van der Waals surface area (Å²) in [5.41, 5.74) is 6.63. The van der Waals surface area contributed by atoms with Gasteiger partial charge in [-0.15, -0.1) is 0 Å². The van der Waals surface area contributed by atoms with Crippen LogP contribution in [-0.4, -0.2) is 26.6 Å². The van der Waals surface area contributed by atoms with E-state index in [4.69, 9.17) is 9.47 Å². The quantitative estimate of drug-likeness (QED) is 0.394. The van der Waals surface area contributed by atoms with Gasteiger partial charge in [0.05, 0.1) is 6.61 Å². The number of hydrogen-bond donors (Lipinski definition) is 1. The number of ether oxygens (including phenoxy) is 2. The lowest BCUT2D eigenvalue weighted by molar-refractivity contribution is -0.239. The number of nitrogens with two attached hydrogens (primary N) is 1. The fraction of sp³-hybridized carbons (Fsp3) is 1.00. The topological polar surface area (TPSA) is 44.5 Å². The van der Waals surface area contributed by atoms with Gasteiger partial charge in [-0.25, -0.2) is 0 Å². The molecular formula is C35H65NO2. The molecule has 1 aliphatic heterocycles. The molecule has 0 radical (unpaired) electrons. The number of fused-ring (bicyclic) bond motifs is 7. The molecular weight excluding hydrogens is 466 g/mol. The molecule has 5 aliphatic carbocycles. The first-order valence-electron chi connectivity index (χ1n) is 17.0. The summed E-state index contributed by atoms with van der Waals surface area (Å²) >= 11 is 0. The molecule has 0 aromatic rings. The van der Waals surface area contributed by atoms with E-state index in [2.05, 4.69) is 47.3 Å². The van der Waals surface area contributed by atoms with Gasteiger partial charge in [0.15, 0.2) is 6.29 Å². The zero-order valence-electron chi connectivity index (χ0n) is 26.6. The molecule has 1 heterocycles. The Morgan fingerprint density at radius 2 is 1.45 bits per heavy atom. The minimum atomic E-state index is 0.0828. The molecule has 6 aliphatic rings. The van der Waals surface area contributed by atoms with Crippen molar-refractivity contribution < 1.29 is 9.47 Å². The van der Waals surface area contributed by atoms with Crippen molar-refractivity contribution in [2.45, 2.75) is 151 Å². The van der Waals surface area contributed by atoms with Gasteiger partial charge >= 0.3 is 0 Å². The number of rotatable bonds is 3. The van der Waals surface area contributed by atoms with Gasteiger partial charge in [-0.2, -0.15) is 0 Å². The molecule has 6 rings (SSSR count). The highest BCUT2D eigenvalue weighted by molar-refractivity contribution is 5.17. The Bertz CT molecular complexity index is 750. The molecule has 0 aromatic carbocycles. The second-order valence-corrected chi connectivity index (χ2v) is 15.3. The van der Waals surface area contributed by atoms with E-state index in [-0.39, 0.29) is 6.29 Å². The van der Waals surface area contributed by atoms with Crippen molar-refractivity contribution >= 4 is 0 Å². The average molecular weight is 532 g/mol. The molecule has 3 heteroatoms. The van der Waals surface area contributed by atoms with Crippen LogP contribution in [0.1, 0.15) is 144 Å². The summed E-state index contributed by atoms with van der Waals surface area (Å²) in [6.07, 6.45) is 22.6. The van der Waals surface area contributed by atoms with Gasteiger partial charge in [-0.1, -0.05) is 67.2 Å². The van der Waals surface area contributed by atoms with E-state index in [0.29, 0.717) is 21.7 Å². The van der Waals surface area contributed by atoms with E-state index in [1.54, 1.807) is 0 Å². The van der Waals surface area contributed by atoms with Crippen molar-refractivity contribution in [1.29, 1.82) is 0 Å². The standard InChI is InChI=1S/C31H52O2.C3H8.CH5N/c1-22-9-7-15-28(2)23(22)14-17-30(4)26(28)13-12-24-25-10-8-16-31(25,19-18-29(24,30)3)21-33-27-11-5-6-20-32-27;1-3-2;1-2/h22-27H,5-21H2,1-4H3;3H2,1-2H3;2H2,1H3/t22?,23?,24?,25?,26?,27?,28?,29-,30?,31?;;/m1../s1. The first-order valence-corrected chi connectivity index (χ1v) is 17.0. The smallest absolute Gasteiger partial charge is 0.157 e. The Balaban J connectivity index is 0.000000630. The molecule has 0 spiro atoms. The Morgan fingerprint density at radius 3 is 2.16 bits per heavy atom. The molecule has 38 heavy (non-hydrogen) atoms. The van der Waals surface area contributed by atoms with Gasteiger partial charge in [-0.05, 0) is 135 Å². The molecule has 0 amide bonds. The first kappa shape index (κ1) is 30.8. The van der Waals surface area contributed by atoms with Crippen LogP contribution in [0.5, 0.6) is 0 Å². The third kappa shape index (κ3) is 5.06. The van der Waals surface area contributed by atoms with Crippen molar-refractivity contribution in [3.63, 3.8) is 0 Å². The van der Waals surface area contributed by atoms with Crippen LogP contribution in [0.25, 0.3) is 0 Å². The predicted octanol–water partition coefficient (Wildman–Crippen LogP) is 9.38. The zero-order chi connectivity index (χ0) is 27.6. The van der Waals surface area contributed by atoms with E-state index in [1.807, 2.05) is 0 Å². The van der Waals surface area contributed by atoms with Crippen LogP contribution in [0.15, 0.2) is 0 Å². The highest BCUT2D eigenvalue weighted by Gasteiger charge is 2.68. The number of hydrogen-bond acceptors (Lipinski definition) is 3. The molecule has 0 aromatic heterocycles. The minimum absolute atomic E-state index is 0.0828. The van der Waals surface area contributed by atoms with Gasteiger partial charge < -0.3 is 15.2 Å². The molecule has 0 bridgehead atoms. The summed E-state index contributed by atoms with van der Waals surface area (Å²) in [6.45, 7) is 17.0. The first-order chi connectivity index (χ1) is 18.2. The zero-order valence-corrected chi connectivity index (χ0v) is 26.6. The highest BCUT2D eigenvalue weighted by Crippen LogP contribution is 2.76. The fourth-order valence-electron chi connectivity index (χ4n) is 11.7.